The van der Waals surface area contributed by atoms with Crippen LogP contribution in [0.1, 0.15) is 36.7 Å². The zero-order valence-electron chi connectivity index (χ0n) is 13.7. The molecule has 0 spiro atoms. The lowest BCUT2D eigenvalue weighted by Gasteiger charge is -2.19. The molecule has 0 aromatic heterocycles. The first kappa shape index (κ1) is 16.7. The lowest BCUT2D eigenvalue weighted by atomic mass is 9.87. The first-order valence-corrected chi connectivity index (χ1v) is 7.60. The van der Waals surface area contributed by atoms with E-state index < -0.39 is 0 Å². The highest BCUT2D eigenvalue weighted by atomic mass is 16.2. The first-order valence-electron chi connectivity index (χ1n) is 7.60. The molecule has 0 aliphatic carbocycles. The minimum absolute atomic E-state index is 0.0462. The summed E-state index contributed by atoms with van der Waals surface area (Å²) in [6, 6.07) is 16.6. The van der Waals surface area contributed by atoms with Gasteiger partial charge in [-0.2, -0.15) is 0 Å². The highest BCUT2D eigenvalue weighted by molar-refractivity contribution is 5.99. The van der Waals surface area contributed by atoms with Crippen molar-refractivity contribution in [1.29, 1.82) is 0 Å². The zero-order valence-corrected chi connectivity index (χ0v) is 13.7. The monoisotopic (exact) mass is 310 g/mol. The Morgan fingerprint density at radius 1 is 0.913 bits per heavy atom. The SMILES string of the molecule is CC(C)(C)c1ccc(C(=O)NCC(=O)Nc2ccccc2)cc1. The fourth-order valence-corrected chi connectivity index (χ4v) is 2.11. The van der Waals surface area contributed by atoms with Gasteiger partial charge in [0.2, 0.25) is 5.91 Å². The highest BCUT2D eigenvalue weighted by Gasteiger charge is 2.14. The third kappa shape index (κ3) is 4.95. The summed E-state index contributed by atoms with van der Waals surface area (Å²) in [6.07, 6.45) is 0. The van der Waals surface area contributed by atoms with Crippen molar-refractivity contribution >= 4 is 17.5 Å². The van der Waals surface area contributed by atoms with Crippen molar-refractivity contribution in [3.63, 3.8) is 0 Å². The van der Waals surface area contributed by atoms with Crippen LogP contribution in [0.4, 0.5) is 5.69 Å². The van der Waals surface area contributed by atoms with Crippen LogP contribution < -0.4 is 10.6 Å². The Hall–Kier alpha value is -2.62. The van der Waals surface area contributed by atoms with E-state index in [1.807, 2.05) is 30.3 Å². The lowest BCUT2D eigenvalue weighted by molar-refractivity contribution is -0.115. The summed E-state index contributed by atoms with van der Waals surface area (Å²) in [5, 5.41) is 5.35. The number of benzene rings is 2. The predicted octanol–water partition coefficient (Wildman–Crippen LogP) is 3.35. The van der Waals surface area contributed by atoms with E-state index in [0.29, 0.717) is 11.3 Å². The van der Waals surface area contributed by atoms with Crippen molar-refractivity contribution in [1.82, 2.24) is 5.32 Å². The summed E-state index contributed by atoms with van der Waals surface area (Å²) >= 11 is 0. The standard InChI is InChI=1S/C19H22N2O2/c1-19(2,3)15-11-9-14(10-12-15)18(23)20-13-17(22)21-16-7-5-4-6-8-16/h4-12H,13H2,1-3H3,(H,20,23)(H,21,22). The van der Waals surface area contributed by atoms with E-state index in [9.17, 15) is 9.59 Å². The molecule has 0 radical (unpaired) electrons. The van der Waals surface area contributed by atoms with Gasteiger partial charge < -0.3 is 10.6 Å². The summed E-state index contributed by atoms with van der Waals surface area (Å²) in [4.78, 5) is 23.9. The number of rotatable bonds is 4. The second-order valence-corrected chi connectivity index (χ2v) is 6.42. The number of para-hydroxylation sites is 1. The number of nitrogens with one attached hydrogen (secondary N) is 2. The minimum atomic E-state index is -0.256. The van der Waals surface area contributed by atoms with Gasteiger partial charge in [-0.05, 0) is 35.2 Å². The smallest absolute Gasteiger partial charge is 0.251 e. The first-order chi connectivity index (χ1) is 10.9. The molecule has 120 valence electrons. The van der Waals surface area contributed by atoms with Gasteiger partial charge in [-0.1, -0.05) is 51.1 Å². The average molecular weight is 310 g/mol. The third-order valence-electron chi connectivity index (χ3n) is 3.48. The van der Waals surface area contributed by atoms with Gasteiger partial charge in [0.1, 0.15) is 0 Å². The molecular formula is C19H22N2O2. The molecule has 0 unspecified atom stereocenters. The summed E-state index contributed by atoms with van der Waals surface area (Å²) in [5.74, 6) is -0.510. The molecule has 0 saturated heterocycles. The molecule has 0 heterocycles. The van der Waals surface area contributed by atoms with Crippen LogP contribution in [0.25, 0.3) is 0 Å². The van der Waals surface area contributed by atoms with Crippen LogP contribution in [0.2, 0.25) is 0 Å². The van der Waals surface area contributed by atoms with Crippen molar-refractivity contribution in [3.8, 4) is 0 Å². The molecule has 2 aromatic carbocycles. The van der Waals surface area contributed by atoms with E-state index in [0.717, 1.165) is 5.56 Å². The maximum Gasteiger partial charge on any atom is 0.251 e. The average Bonchev–Trinajstić information content (AvgIpc) is 2.53. The molecule has 0 aliphatic rings. The molecule has 0 fully saturated rings. The molecule has 4 nitrogen and oxygen atoms in total. The number of hydrogen-bond donors (Lipinski definition) is 2. The van der Waals surface area contributed by atoms with Crippen LogP contribution in [0.3, 0.4) is 0 Å². The zero-order chi connectivity index (χ0) is 16.9. The van der Waals surface area contributed by atoms with Gasteiger partial charge in [-0.15, -0.1) is 0 Å². The lowest BCUT2D eigenvalue weighted by Crippen LogP contribution is -2.32. The second-order valence-electron chi connectivity index (χ2n) is 6.42. The van der Waals surface area contributed by atoms with E-state index in [4.69, 9.17) is 0 Å². The van der Waals surface area contributed by atoms with Gasteiger partial charge in [0.05, 0.1) is 6.54 Å². The van der Waals surface area contributed by atoms with E-state index in [1.165, 1.54) is 0 Å². The van der Waals surface area contributed by atoms with Crippen LogP contribution in [-0.2, 0) is 10.2 Å². The quantitative estimate of drug-likeness (QED) is 0.910. The molecule has 2 rings (SSSR count). The Bertz CT molecular complexity index is 671. The van der Waals surface area contributed by atoms with Gasteiger partial charge in [-0.3, -0.25) is 9.59 Å². The Balaban J connectivity index is 1.88. The summed E-state index contributed by atoms with van der Waals surface area (Å²) < 4.78 is 0. The van der Waals surface area contributed by atoms with Crippen molar-refractivity contribution in [2.24, 2.45) is 0 Å². The molecular weight excluding hydrogens is 288 g/mol. The molecule has 0 atom stereocenters. The third-order valence-corrected chi connectivity index (χ3v) is 3.48. The summed E-state index contributed by atoms with van der Waals surface area (Å²) in [7, 11) is 0. The van der Waals surface area contributed by atoms with Crippen molar-refractivity contribution < 1.29 is 9.59 Å². The Morgan fingerprint density at radius 2 is 1.52 bits per heavy atom. The van der Waals surface area contributed by atoms with Crippen LogP contribution in [-0.4, -0.2) is 18.4 Å². The summed E-state index contributed by atoms with van der Waals surface area (Å²) in [6.45, 7) is 6.30. The van der Waals surface area contributed by atoms with Crippen LogP contribution >= 0.6 is 0 Å². The number of carbonyl (C=O) groups excluding carboxylic acids is 2. The molecule has 4 heteroatoms. The minimum Gasteiger partial charge on any atom is -0.343 e. The van der Waals surface area contributed by atoms with E-state index in [-0.39, 0.29) is 23.8 Å². The number of amides is 2. The van der Waals surface area contributed by atoms with Crippen LogP contribution in [0.15, 0.2) is 54.6 Å². The molecule has 23 heavy (non-hydrogen) atoms. The molecule has 2 N–H and O–H groups in total. The molecule has 2 aromatic rings. The number of carbonyl (C=O) groups is 2. The number of hydrogen-bond acceptors (Lipinski definition) is 2. The van der Waals surface area contributed by atoms with Crippen molar-refractivity contribution in [2.45, 2.75) is 26.2 Å². The molecule has 2 amide bonds. The second kappa shape index (κ2) is 7.09. The molecule has 0 bridgehead atoms. The van der Waals surface area contributed by atoms with Gasteiger partial charge in [-0.25, -0.2) is 0 Å². The van der Waals surface area contributed by atoms with Gasteiger partial charge in [0.15, 0.2) is 0 Å². The topological polar surface area (TPSA) is 58.2 Å². The largest absolute Gasteiger partial charge is 0.343 e. The Morgan fingerprint density at radius 3 is 2.09 bits per heavy atom. The van der Waals surface area contributed by atoms with Crippen LogP contribution in [0, 0.1) is 0 Å². The fourth-order valence-electron chi connectivity index (χ4n) is 2.11. The van der Waals surface area contributed by atoms with Gasteiger partial charge in [0, 0.05) is 11.3 Å². The predicted molar refractivity (Wildman–Crippen MR) is 92.5 cm³/mol. The van der Waals surface area contributed by atoms with Gasteiger partial charge >= 0.3 is 0 Å². The molecule has 0 aliphatic heterocycles. The van der Waals surface area contributed by atoms with Gasteiger partial charge in [0.25, 0.3) is 5.91 Å². The van der Waals surface area contributed by atoms with E-state index in [1.54, 1.807) is 24.3 Å². The Labute approximate surface area is 136 Å². The maximum absolute atomic E-state index is 12.1. The highest BCUT2D eigenvalue weighted by Crippen LogP contribution is 2.22. The fraction of sp³-hybridized carbons (Fsp3) is 0.263. The Kier molecular flexibility index (Phi) is 5.16. The van der Waals surface area contributed by atoms with Crippen LogP contribution in [0.5, 0.6) is 0 Å². The van der Waals surface area contributed by atoms with E-state index in [2.05, 4.69) is 31.4 Å². The molecule has 0 saturated carbocycles. The van der Waals surface area contributed by atoms with E-state index >= 15 is 0 Å². The van der Waals surface area contributed by atoms with Crippen molar-refractivity contribution in [3.05, 3.63) is 65.7 Å². The summed E-state index contributed by atoms with van der Waals surface area (Å²) in [5.41, 5.74) is 2.47. The van der Waals surface area contributed by atoms with Crippen molar-refractivity contribution in [2.75, 3.05) is 11.9 Å². The normalized spacial score (nSPS) is 10.9. The maximum atomic E-state index is 12.1. The number of anilines is 1.